The van der Waals surface area contributed by atoms with Crippen molar-refractivity contribution in [3.05, 3.63) is 40.6 Å². The Labute approximate surface area is 184 Å². The van der Waals surface area contributed by atoms with Gasteiger partial charge in [0.05, 0.1) is 4.47 Å². The summed E-state index contributed by atoms with van der Waals surface area (Å²) < 4.78 is 8.30. The van der Waals surface area contributed by atoms with E-state index in [4.69, 9.17) is 9.41 Å². The zero-order valence-corrected chi connectivity index (χ0v) is 19.2. The Kier molecular flexibility index (Phi) is 7.25. The first kappa shape index (κ1) is 22.0. The Morgan fingerprint density at radius 1 is 1.37 bits per heavy atom. The molecule has 2 N–H and O–H groups in total. The number of para-hydroxylation sites is 2. The number of oxazole rings is 1. The van der Waals surface area contributed by atoms with E-state index in [2.05, 4.69) is 50.5 Å². The first-order valence-electron chi connectivity index (χ1n) is 10.0. The van der Waals surface area contributed by atoms with Gasteiger partial charge in [-0.15, -0.1) is 0 Å². The number of halogens is 1. The van der Waals surface area contributed by atoms with Crippen LogP contribution in [-0.2, 0) is 11.8 Å². The van der Waals surface area contributed by atoms with Crippen molar-refractivity contribution in [2.45, 2.75) is 52.1 Å². The van der Waals surface area contributed by atoms with Crippen molar-refractivity contribution in [2.24, 2.45) is 12.0 Å². The Morgan fingerprint density at radius 2 is 2.13 bits per heavy atom. The molecule has 0 radical (unpaired) electrons. The minimum absolute atomic E-state index is 0.0316. The van der Waals surface area contributed by atoms with Crippen molar-refractivity contribution in [1.29, 1.82) is 0 Å². The fourth-order valence-electron chi connectivity index (χ4n) is 3.21. The number of nitrogens with one attached hydrogen (secondary N) is 2. The van der Waals surface area contributed by atoms with Crippen molar-refractivity contribution < 1.29 is 9.21 Å². The number of hydrogen-bond acceptors (Lipinski definition) is 5. The van der Waals surface area contributed by atoms with Crippen LogP contribution in [0.15, 0.2) is 44.3 Å². The molecular formula is C21H27BrN6O2. The van der Waals surface area contributed by atoms with Gasteiger partial charge in [0.2, 0.25) is 0 Å². The number of rotatable bonds is 8. The molecular weight excluding hydrogens is 448 g/mol. The topological polar surface area (TPSA) is 97.3 Å². The van der Waals surface area contributed by atoms with Gasteiger partial charge in [0, 0.05) is 25.7 Å². The summed E-state index contributed by atoms with van der Waals surface area (Å²) in [4.78, 5) is 21.2. The quantitative estimate of drug-likeness (QED) is 0.365. The van der Waals surface area contributed by atoms with Crippen molar-refractivity contribution in [2.75, 3.05) is 5.32 Å². The molecule has 0 aliphatic heterocycles. The first-order chi connectivity index (χ1) is 14.4. The second-order valence-corrected chi connectivity index (χ2v) is 8.24. The number of aromatic nitrogens is 3. The monoisotopic (exact) mass is 474 g/mol. The van der Waals surface area contributed by atoms with E-state index in [0.29, 0.717) is 23.3 Å². The average molecular weight is 475 g/mol. The highest BCUT2D eigenvalue weighted by Gasteiger charge is 2.21. The molecule has 0 saturated carbocycles. The molecule has 1 aromatic carbocycles. The third-order valence-electron chi connectivity index (χ3n) is 4.52. The number of aryl methyl sites for hydroxylation is 1. The van der Waals surface area contributed by atoms with Crippen LogP contribution in [0.4, 0.5) is 6.01 Å². The van der Waals surface area contributed by atoms with Gasteiger partial charge in [-0.3, -0.25) is 14.8 Å². The third kappa shape index (κ3) is 5.69. The molecule has 2 aromatic heterocycles. The van der Waals surface area contributed by atoms with Crippen LogP contribution < -0.4 is 10.6 Å². The van der Waals surface area contributed by atoms with Crippen LogP contribution >= 0.6 is 15.9 Å². The lowest BCUT2D eigenvalue weighted by molar-refractivity contribution is -0.117. The van der Waals surface area contributed by atoms with Gasteiger partial charge in [0.15, 0.2) is 11.5 Å². The Morgan fingerprint density at radius 3 is 2.77 bits per heavy atom. The van der Waals surface area contributed by atoms with Crippen molar-refractivity contribution in [3.63, 3.8) is 0 Å². The number of ketones is 1. The zero-order chi connectivity index (χ0) is 21.7. The number of benzene rings is 1. The maximum absolute atomic E-state index is 11.9. The van der Waals surface area contributed by atoms with Crippen molar-refractivity contribution >= 4 is 44.8 Å². The number of carbonyl (C=O) groups is 1. The molecule has 0 aliphatic carbocycles. The highest BCUT2D eigenvalue weighted by atomic mass is 79.9. The summed E-state index contributed by atoms with van der Waals surface area (Å²) in [6.07, 6.45) is 4.09. The highest BCUT2D eigenvalue weighted by Crippen LogP contribution is 2.28. The molecule has 8 nitrogen and oxygen atoms in total. The minimum atomic E-state index is -0.453. The smallest absolute Gasteiger partial charge is 0.302 e. The van der Waals surface area contributed by atoms with Gasteiger partial charge < -0.3 is 9.73 Å². The van der Waals surface area contributed by atoms with E-state index in [1.807, 2.05) is 37.5 Å². The van der Waals surface area contributed by atoms with Crippen LogP contribution in [0.1, 0.15) is 51.8 Å². The number of anilines is 1. The predicted molar refractivity (Wildman–Crippen MR) is 122 cm³/mol. The number of hydrogen-bond donors (Lipinski definition) is 2. The summed E-state index contributed by atoms with van der Waals surface area (Å²) in [5.41, 5.74) is 2.15. The normalized spacial score (nSPS) is 14.0. The van der Waals surface area contributed by atoms with E-state index in [1.54, 1.807) is 11.6 Å². The molecule has 0 saturated heterocycles. The molecule has 2 heterocycles. The molecule has 2 atom stereocenters. The van der Waals surface area contributed by atoms with E-state index in [0.717, 1.165) is 22.8 Å². The number of guanidine groups is 1. The summed E-state index contributed by atoms with van der Waals surface area (Å²) in [6, 6.07) is 7.62. The van der Waals surface area contributed by atoms with E-state index >= 15 is 0 Å². The lowest BCUT2D eigenvalue weighted by atomic mass is 10.1. The van der Waals surface area contributed by atoms with E-state index in [-0.39, 0.29) is 18.2 Å². The predicted octanol–water partition coefficient (Wildman–Crippen LogP) is 4.59. The van der Waals surface area contributed by atoms with Crippen LogP contribution in [-0.4, -0.2) is 32.5 Å². The average Bonchev–Trinajstić information content (AvgIpc) is 3.22. The van der Waals surface area contributed by atoms with Crippen LogP contribution in [0, 0.1) is 0 Å². The summed E-state index contributed by atoms with van der Waals surface area (Å²) in [5, 5.41) is 11.0. The van der Waals surface area contributed by atoms with Crippen LogP contribution in [0.3, 0.4) is 0 Å². The molecule has 0 amide bonds. The first-order valence-corrected chi connectivity index (χ1v) is 10.8. The molecule has 30 heavy (non-hydrogen) atoms. The maximum Gasteiger partial charge on any atom is 0.302 e. The highest BCUT2D eigenvalue weighted by molar-refractivity contribution is 9.10. The van der Waals surface area contributed by atoms with Gasteiger partial charge in [-0.2, -0.15) is 10.1 Å². The second kappa shape index (κ2) is 9.88. The van der Waals surface area contributed by atoms with Crippen molar-refractivity contribution in [1.82, 2.24) is 20.1 Å². The Bertz CT molecular complexity index is 1010. The van der Waals surface area contributed by atoms with Gasteiger partial charge in [-0.1, -0.05) is 25.5 Å². The van der Waals surface area contributed by atoms with Crippen LogP contribution in [0.5, 0.6) is 0 Å². The van der Waals surface area contributed by atoms with Crippen molar-refractivity contribution in [3.8, 4) is 0 Å². The van der Waals surface area contributed by atoms with Gasteiger partial charge >= 0.3 is 6.01 Å². The molecule has 3 rings (SSSR count). The minimum Gasteiger partial charge on any atom is -0.423 e. The largest absolute Gasteiger partial charge is 0.423 e. The Balaban J connectivity index is 1.95. The maximum atomic E-state index is 11.9. The van der Waals surface area contributed by atoms with Gasteiger partial charge in [-0.05, 0) is 48.3 Å². The molecule has 9 heteroatoms. The summed E-state index contributed by atoms with van der Waals surface area (Å²) in [7, 11) is 1.84. The number of Topliss-reactive ketones (excluding diaryl/α,β-unsaturated/α-hetero) is 1. The molecule has 3 aromatic rings. The number of nitrogens with zero attached hydrogens (tertiary/aromatic N) is 4. The lowest BCUT2D eigenvalue weighted by Crippen LogP contribution is -2.38. The van der Waals surface area contributed by atoms with Crippen LogP contribution in [0.25, 0.3) is 11.1 Å². The SMILES string of the molecule is CCCC(C)NC(=NC(CC(C)=O)c1nn(C)cc1Br)Nc1nc2ccccc2o1. The Hall–Kier alpha value is -2.68. The van der Waals surface area contributed by atoms with E-state index in [1.165, 1.54) is 0 Å². The zero-order valence-electron chi connectivity index (χ0n) is 17.6. The van der Waals surface area contributed by atoms with Crippen LogP contribution in [0.2, 0.25) is 0 Å². The van der Waals surface area contributed by atoms with E-state index in [9.17, 15) is 4.79 Å². The number of carbonyl (C=O) groups excluding carboxylic acids is 1. The van der Waals surface area contributed by atoms with Gasteiger partial charge in [-0.25, -0.2) is 4.99 Å². The molecule has 160 valence electrons. The second-order valence-electron chi connectivity index (χ2n) is 7.38. The number of fused-ring (bicyclic) bond motifs is 1. The van der Waals surface area contributed by atoms with Gasteiger partial charge in [0.1, 0.15) is 23.0 Å². The third-order valence-corrected chi connectivity index (χ3v) is 5.13. The summed E-state index contributed by atoms with van der Waals surface area (Å²) in [6.45, 7) is 5.77. The molecule has 0 fully saturated rings. The number of aliphatic imine (C=N–C) groups is 1. The molecule has 2 unspecified atom stereocenters. The summed E-state index contributed by atoms with van der Waals surface area (Å²) in [5.74, 6) is 0.524. The molecule has 0 bridgehead atoms. The standard InChI is InChI=1S/C21H27BrN6O2/c1-5-8-13(2)23-20(26-21-25-16-9-6-7-10-18(16)30-21)24-17(11-14(3)29)19-15(22)12-28(4)27-19/h6-7,9-10,12-13,17H,5,8,11H2,1-4H3,(H2,23,24,25,26). The molecule has 0 spiro atoms. The van der Waals surface area contributed by atoms with E-state index < -0.39 is 6.04 Å². The fourth-order valence-corrected chi connectivity index (χ4v) is 3.85. The lowest BCUT2D eigenvalue weighted by Gasteiger charge is -2.18. The fraction of sp³-hybridized carbons (Fsp3) is 0.429. The van der Waals surface area contributed by atoms with Gasteiger partial charge in [0.25, 0.3) is 0 Å². The summed E-state index contributed by atoms with van der Waals surface area (Å²) >= 11 is 3.53. The molecule has 0 aliphatic rings.